The molecule has 2 saturated heterocycles. The van der Waals surface area contributed by atoms with Crippen LogP contribution in [0.1, 0.15) is 53.6 Å². The van der Waals surface area contributed by atoms with Gasteiger partial charge in [-0.3, -0.25) is 14.4 Å². The van der Waals surface area contributed by atoms with Crippen molar-refractivity contribution in [1.82, 2.24) is 9.80 Å². The molecule has 0 aliphatic carbocycles. The molecule has 0 saturated carbocycles. The molecule has 2 aromatic carbocycles. The van der Waals surface area contributed by atoms with Crippen LogP contribution in [0, 0.1) is 5.41 Å². The molecule has 2 aromatic rings. The number of nitrogens with zero attached hydrogens (tertiary/aromatic N) is 2. The largest absolute Gasteiger partial charge is 0.461 e. The number of benzene rings is 2. The van der Waals surface area contributed by atoms with E-state index in [9.17, 15) is 19.2 Å². The van der Waals surface area contributed by atoms with Crippen molar-refractivity contribution in [2.24, 2.45) is 5.41 Å². The van der Waals surface area contributed by atoms with Crippen LogP contribution in [-0.4, -0.2) is 78.6 Å². The minimum Gasteiger partial charge on any atom is -0.461 e. The Kier molecular flexibility index (Phi) is 10.2. The third kappa shape index (κ3) is 7.39. The van der Waals surface area contributed by atoms with E-state index in [1.54, 1.807) is 35.2 Å². The summed E-state index contributed by atoms with van der Waals surface area (Å²) in [5.74, 6) is -2.33. The summed E-state index contributed by atoms with van der Waals surface area (Å²) in [6.45, 7) is 9.25. The van der Waals surface area contributed by atoms with Gasteiger partial charge in [0.15, 0.2) is 0 Å². The lowest BCUT2D eigenvalue weighted by Gasteiger charge is -2.41. The average Bonchev–Trinajstić information content (AvgIpc) is 3.02. The summed E-state index contributed by atoms with van der Waals surface area (Å²) < 4.78 is 26.9. The molecule has 9 heteroatoms. The maximum Gasteiger partial charge on any atom is 0.346 e. The number of hydrogen-bond acceptors (Lipinski definition) is 6. The fraction of sp³-hybridized carbons (Fsp3) is 0.412. The number of carbonyl (C=O) groups is 4. The smallest absolute Gasteiger partial charge is 0.346 e. The van der Waals surface area contributed by atoms with Crippen LogP contribution in [0.15, 0.2) is 79.9 Å². The van der Waals surface area contributed by atoms with Crippen LogP contribution in [0.2, 0.25) is 0 Å². The van der Waals surface area contributed by atoms with Crippen LogP contribution in [0.5, 0.6) is 0 Å². The first-order chi connectivity index (χ1) is 20.6. The quantitative estimate of drug-likeness (QED) is 0.295. The Balaban J connectivity index is 1.59. The SMILES string of the molecule is C=CCOC(=O)C1(F)CC(c2ccc(CC3(C(=O)OCC=C)CCCN(C(C)=O)C3)cc2)CN(C(=O)c2ccccc2)C1. The number of halogens is 1. The number of ether oxygens (including phenoxy) is 2. The van der Waals surface area contributed by atoms with Crippen LogP contribution in [-0.2, 0) is 30.3 Å². The number of carbonyl (C=O) groups excluding carboxylic acids is 4. The van der Waals surface area contributed by atoms with Gasteiger partial charge in [-0.05, 0) is 42.5 Å². The minimum atomic E-state index is -2.40. The maximum absolute atomic E-state index is 16.3. The summed E-state index contributed by atoms with van der Waals surface area (Å²) in [6, 6.07) is 16.0. The van der Waals surface area contributed by atoms with Crippen LogP contribution in [0.25, 0.3) is 0 Å². The first-order valence-corrected chi connectivity index (χ1v) is 14.5. The van der Waals surface area contributed by atoms with E-state index in [2.05, 4.69) is 13.2 Å². The summed E-state index contributed by atoms with van der Waals surface area (Å²) >= 11 is 0. The van der Waals surface area contributed by atoms with E-state index in [0.29, 0.717) is 31.4 Å². The molecule has 2 aliphatic heterocycles. The van der Waals surface area contributed by atoms with Crippen molar-refractivity contribution in [2.45, 2.75) is 44.2 Å². The van der Waals surface area contributed by atoms with Gasteiger partial charge in [-0.1, -0.05) is 67.8 Å². The molecular formula is C34H39FN2O6. The highest BCUT2D eigenvalue weighted by atomic mass is 19.1. The molecule has 4 rings (SSSR count). The monoisotopic (exact) mass is 590 g/mol. The van der Waals surface area contributed by atoms with Gasteiger partial charge in [0.05, 0.1) is 12.0 Å². The van der Waals surface area contributed by atoms with E-state index in [1.165, 1.54) is 24.0 Å². The Bertz CT molecular complexity index is 1350. The number of esters is 2. The zero-order valence-corrected chi connectivity index (χ0v) is 24.6. The van der Waals surface area contributed by atoms with Crippen LogP contribution >= 0.6 is 0 Å². The van der Waals surface area contributed by atoms with Crippen molar-refractivity contribution in [2.75, 3.05) is 39.4 Å². The summed E-state index contributed by atoms with van der Waals surface area (Å²) in [4.78, 5) is 54.6. The van der Waals surface area contributed by atoms with Gasteiger partial charge in [-0.15, -0.1) is 0 Å². The van der Waals surface area contributed by atoms with E-state index in [4.69, 9.17) is 9.47 Å². The van der Waals surface area contributed by atoms with Gasteiger partial charge in [0.2, 0.25) is 11.6 Å². The molecular weight excluding hydrogens is 551 g/mol. The second kappa shape index (κ2) is 13.8. The van der Waals surface area contributed by atoms with Gasteiger partial charge in [0, 0.05) is 44.5 Å². The number of hydrogen-bond donors (Lipinski definition) is 0. The molecule has 43 heavy (non-hydrogen) atoms. The van der Waals surface area contributed by atoms with Crippen molar-refractivity contribution >= 4 is 23.8 Å². The lowest BCUT2D eigenvalue weighted by Crippen LogP contribution is -2.55. The molecule has 3 unspecified atom stereocenters. The minimum absolute atomic E-state index is 0.0830. The Labute approximate surface area is 252 Å². The third-order valence-corrected chi connectivity index (χ3v) is 8.24. The van der Waals surface area contributed by atoms with E-state index in [1.807, 2.05) is 24.3 Å². The van der Waals surface area contributed by atoms with E-state index < -0.39 is 29.5 Å². The predicted octanol–water partition coefficient (Wildman–Crippen LogP) is 4.65. The first kappa shape index (κ1) is 31.7. The zero-order valence-electron chi connectivity index (χ0n) is 24.6. The standard InChI is InChI=1S/C34H39FN2O6/c1-4-18-42-31(40)33(16-9-17-36(23-33)25(3)38)20-26-12-14-27(15-13-26)29-21-34(35,32(41)43-19-5-2)24-37(22-29)30(39)28-10-7-6-8-11-28/h4-8,10-15,29H,1-2,9,16-24H2,3H3. The summed E-state index contributed by atoms with van der Waals surface area (Å²) in [5, 5.41) is 0. The molecule has 0 radical (unpaired) electrons. The predicted molar refractivity (Wildman–Crippen MR) is 160 cm³/mol. The second-order valence-corrected chi connectivity index (χ2v) is 11.4. The molecule has 0 bridgehead atoms. The summed E-state index contributed by atoms with van der Waals surface area (Å²) in [5.41, 5.74) is -1.28. The van der Waals surface area contributed by atoms with Crippen LogP contribution in [0.4, 0.5) is 4.39 Å². The van der Waals surface area contributed by atoms with Gasteiger partial charge < -0.3 is 19.3 Å². The lowest BCUT2D eigenvalue weighted by molar-refractivity contribution is -0.161. The third-order valence-electron chi connectivity index (χ3n) is 8.24. The van der Waals surface area contributed by atoms with E-state index >= 15 is 4.39 Å². The van der Waals surface area contributed by atoms with Crippen molar-refractivity contribution in [3.8, 4) is 0 Å². The molecule has 3 atom stereocenters. The zero-order chi connectivity index (χ0) is 31.0. The molecule has 0 N–H and O–H groups in total. The Morgan fingerprint density at radius 3 is 2.21 bits per heavy atom. The van der Waals surface area contributed by atoms with Crippen molar-refractivity contribution < 1.29 is 33.0 Å². The second-order valence-electron chi connectivity index (χ2n) is 11.4. The average molecular weight is 591 g/mol. The lowest BCUT2D eigenvalue weighted by atomic mass is 9.74. The molecule has 2 heterocycles. The highest BCUT2D eigenvalue weighted by Crippen LogP contribution is 2.39. The van der Waals surface area contributed by atoms with Crippen molar-refractivity contribution in [3.63, 3.8) is 0 Å². The van der Waals surface area contributed by atoms with Gasteiger partial charge in [-0.25, -0.2) is 9.18 Å². The van der Waals surface area contributed by atoms with Gasteiger partial charge >= 0.3 is 11.9 Å². The highest BCUT2D eigenvalue weighted by Gasteiger charge is 2.49. The Morgan fingerprint density at radius 2 is 1.58 bits per heavy atom. The molecule has 2 fully saturated rings. The van der Waals surface area contributed by atoms with Crippen LogP contribution < -0.4 is 0 Å². The fourth-order valence-electron chi connectivity index (χ4n) is 6.08. The summed E-state index contributed by atoms with van der Waals surface area (Å²) in [6.07, 6.45) is 4.35. The van der Waals surface area contributed by atoms with Gasteiger partial charge in [-0.2, -0.15) is 0 Å². The fourth-order valence-corrected chi connectivity index (χ4v) is 6.08. The highest BCUT2D eigenvalue weighted by molar-refractivity contribution is 5.95. The van der Waals surface area contributed by atoms with Crippen molar-refractivity contribution in [1.29, 1.82) is 0 Å². The maximum atomic E-state index is 16.3. The normalized spacial score (nSPS) is 23.6. The van der Waals surface area contributed by atoms with Gasteiger partial charge in [0.1, 0.15) is 13.2 Å². The van der Waals surface area contributed by atoms with E-state index in [0.717, 1.165) is 11.1 Å². The topological polar surface area (TPSA) is 93.2 Å². The number of alkyl halides is 1. The first-order valence-electron chi connectivity index (χ1n) is 14.5. The summed E-state index contributed by atoms with van der Waals surface area (Å²) in [7, 11) is 0. The molecule has 8 nitrogen and oxygen atoms in total. The molecule has 2 amide bonds. The van der Waals surface area contributed by atoms with E-state index in [-0.39, 0.29) is 50.5 Å². The number of amides is 2. The molecule has 0 spiro atoms. The van der Waals surface area contributed by atoms with Gasteiger partial charge in [0.25, 0.3) is 5.91 Å². The Morgan fingerprint density at radius 1 is 0.930 bits per heavy atom. The Hall–Kier alpha value is -4.27. The van der Waals surface area contributed by atoms with Crippen molar-refractivity contribution in [3.05, 3.63) is 96.6 Å². The number of piperidine rings is 2. The number of likely N-dealkylation sites (tertiary alicyclic amines) is 2. The van der Waals surface area contributed by atoms with Crippen LogP contribution in [0.3, 0.4) is 0 Å². The molecule has 228 valence electrons. The molecule has 2 aliphatic rings. The molecule has 0 aromatic heterocycles. The number of rotatable bonds is 10.